The Morgan fingerprint density at radius 2 is 1.44 bits per heavy atom. The molecule has 0 aliphatic heterocycles. The molecule has 7 heteroatoms. The number of anilines is 1. The van der Waals surface area contributed by atoms with Crippen molar-refractivity contribution < 1.29 is 13.2 Å². The number of nitriles is 1. The number of carbonyl (C=O) groups excluding carboxylic acids is 1. The Morgan fingerprint density at radius 1 is 0.875 bits per heavy atom. The summed E-state index contributed by atoms with van der Waals surface area (Å²) in [6.07, 6.45) is 1.74. The lowest BCUT2D eigenvalue weighted by Gasteiger charge is -2.28. The van der Waals surface area contributed by atoms with E-state index in [1.807, 2.05) is 66.7 Å². The average molecular weight is 448 g/mol. The second kappa shape index (κ2) is 10.6. The van der Waals surface area contributed by atoms with Crippen molar-refractivity contribution in [3.8, 4) is 6.07 Å². The Bertz CT molecular complexity index is 1170. The Balaban J connectivity index is 1.82. The van der Waals surface area contributed by atoms with Crippen LogP contribution in [0.25, 0.3) is 0 Å². The Kier molecular flexibility index (Phi) is 7.63. The molecule has 0 unspecified atom stereocenters. The van der Waals surface area contributed by atoms with Gasteiger partial charge in [-0.05, 0) is 41.8 Å². The highest BCUT2D eigenvalue weighted by molar-refractivity contribution is 7.92. The molecule has 0 spiro atoms. The lowest BCUT2D eigenvalue weighted by molar-refractivity contribution is -0.130. The van der Waals surface area contributed by atoms with E-state index in [0.29, 0.717) is 30.8 Å². The predicted molar refractivity (Wildman–Crippen MR) is 125 cm³/mol. The third-order valence-corrected chi connectivity index (χ3v) is 6.19. The van der Waals surface area contributed by atoms with Crippen LogP contribution in [0.3, 0.4) is 0 Å². The van der Waals surface area contributed by atoms with Crippen LogP contribution in [-0.4, -0.2) is 38.6 Å². The van der Waals surface area contributed by atoms with Gasteiger partial charge in [0, 0.05) is 13.1 Å². The zero-order chi connectivity index (χ0) is 23.0. The molecular weight excluding hydrogens is 422 g/mol. The predicted octanol–water partition coefficient (Wildman–Crippen LogP) is 3.60. The molecule has 0 aromatic heterocycles. The van der Waals surface area contributed by atoms with E-state index < -0.39 is 10.0 Å². The Labute approximate surface area is 189 Å². The maximum absolute atomic E-state index is 13.3. The molecule has 32 heavy (non-hydrogen) atoms. The molecule has 0 aliphatic rings. The Morgan fingerprint density at radius 3 is 1.97 bits per heavy atom. The fraction of sp³-hybridized carbons (Fsp3) is 0.200. The quantitative estimate of drug-likeness (QED) is 0.502. The molecule has 3 rings (SSSR count). The first-order chi connectivity index (χ1) is 15.4. The summed E-state index contributed by atoms with van der Waals surface area (Å²) in [4.78, 5) is 15.0. The van der Waals surface area contributed by atoms with Crippen LogP contribution >= 0.6 is 0 Å². The molecule has 0 atom stereocenters. The number of hydrogen-bond acceptors (Lipinski definition) is 4. The first-order valence-electron chi connectivity index (χ1n) is 10.2. The second-order valence-corrected chi connectivity index (χ2v) is 9.37. The van der Waals surface area contributed by atoms with Gasteiger partial charge in [0.15, 0.2) is 0 Å². The van der Waals surface area contributed by atoms with Crippen LogP contribution in [0.4, 0.5) is 5.69 Å². The van der Waals surface area contributed by atoms with Crippen LogP contribution in [0.15, 0.2) is 84.9 Å². The summed E-state index contributed by atoms with van der Waals surface area (Å²) in [6.45, 7) is 0.534. The summed E-state index contributed by atoms with van der Waals surface area (Å²) in [5, 5.41) is 9.00. The van der Waals surface area contributed by atoms with Gasteiger partial charge in [-0.1, -0.05) is 60.7 Å². The molecule has 0 fully saturated rings. The lowest BCUT2D eigenvalue weighted by atomic mass is 10.1. The third-order valence-electron chi connectivity index (χ3n) is 5.05. The largest absolute Gasteiger partial charge is 0.336 e. The van der Waals surface area contributed by atoms with E-state index in [1.165, 1.54) is 12.1 Å². The van der Waals surface area contributed by atoms with Crippen molar-refractivity contribution in [3.05, 3.63) is 102 Å². The van der Waals surface area contributed by atoms with Crippen molar-refractivity contribution in [2.75, 3.05) is 23.7 Å². The highest BCUT2D eigenvalue weighted by Gasteiger charge is 2.24. The molecule has 0 N–H and O–H groups in total. The summed E-state index contributed by atoms with van der Waals surface area (Å²) < 4.78 is 26.0. The van der Waals surface area contributed by atoms with Gasteiger partial charge in [-0.3, -0.25) is 9.10 Å². The smallest absolute Gasteiger partial charge is 0.243 e. The minimum absolute atomic E-state index is 0.292. The van der Waals surface area contributed by atoms with Gasteiger partial charge in [0.1, 0.15) is 6.54 Å². The van der Waals surface area contributed by atoms with Crippen LogP contribution in [0.5, 0.6) is 0 Å². The van der Waals surface area contributed by atoms with E-state index in [-0.39, 0.29) is 12.5 Å². The Hall–Kier alpha value is -3.63. The van der Waals surface area contributed by atoms with Crippen molar-refractivity contribution in [1.29, 1.82) is 5.26 Å². The number of amides is 1. The van der Waals surface area contributed by atoms with Crippen LogP contribution in [0.1, 0.15) is 16.7 Å². The van der Waals surface area contributed by atoms with Gasteiger partial charge in [0.2, 0.25) is 15.9 Å². The number of nitrogens with zero attached hydrogens (tertiary/aromatic N) is 3. The molecule has 0 bridgehead atoms. The number of rotatable bonds is 9. The van der Waals surface area contributed by atoms with Crippen molar-refractivity contribution in [3.63, 3.8) is 0 Å². The average Bonchev–Trinajstić information content (AvgIpc) is 2.80. The van der Waals surface area contributed by atoms with Crippen molar-refractivity contribution in [2.24, 2.45) is 0 Å². The summed E-state index contributed by atoms with van der Waals surface area (Å²) >= 11 is 0. The summed E-state index contributed by atoms with van der Waals surface area (Å²) in [7, 11) is -3.70. The standard InChI is InChI=1S/C25H25N3O3S/c1-32(30,31)28(24-14-12-22(18-26)13-15-24)20-25(29)27(19-23-10-6-3-7-11-23)17-16-21-8-4-2-5-9-21/h2-15H,16-17,19-20H2,1H3. The zero-order valence-corrected chi connectivity index (χ0v) is 18.7. The molecule has 0 saturated heterocycles. The van der Waals surface area contributed by atoms with Gasteiger partial charge in [-0.15, -0.1) is 0 Å². The van der Waals surface area contributed by atoms with Crippen molar-refractivity contribution in [2.45, 2.75) is 13.0 Å². The molecule has 164 valence electrons. The fourth-order valence-corrected chi connectivity index (χ4v) is 4.18. The van der Waals surface area contributed by atoms with E-state index in [2.05, 4.69) is 0 Å². The van der Waals surface area contributed by atoms with E-state index in [0.717, 1.165) is 21.7 Å². The minimum atomic E-state index is -3.70. The number of hydrogen-bond donors (Lipinski definition) is 0. The van der Waals surface area contributed by atoms with Gasteiger partial charge in [-0.2, -0.15) is 5.26 Å². The first-order valence-corrected chi connectivity index (χ1v) is 12.0. The van der Waals surface area contributed by atoms with E-state index in [1.54, 1.807) is 17.0 Å². The van der Waals surface area contributed by atoms with Gasteiger partial charge < -0.3 is 4.90 Å². The molecule has 0 radical (unpaired) electrons. The molecular formula is C25H25N3O3S. The molecule has 1 amide bonds. The first kappa shape index (κ1) is 23.0. The molecule has 3 aromatic rings. The minimum Gasteiger partial charge on any atom is -0.336 e. The molecule has 3 aromatic carbocycles. The highest BCUT2D eigenvalue weighted by Crippen LogP contribution is 2.19. The molecule has 0 aliphatic carbocycles. The van der Waals surface area contributed by atoms with E-state index in [4.69, 9.17) is 5.26 Å². The van der Waals surface area contributed by atoms with Crippen LogP contribution < -0.4 is 4.31 Å². The van der Waals surface area contributed by atoms with Crippen LogP contribution in [-0.2, 0) is 27.8 Å². The number of sulfonamides is 1. The summed E-state index contributed by atoms with van der Waals surface area (Å²) in [6, 6.07) is 27.6. The monoisotopic (exact) mass is 447 g/mol. The summed E-state index contributed by atoms with van der Waals surface area (Å²) in [5.74, 6) is -0.292. The molecule has 0 saturated carbocycles. The number of carbonyl (C=O) groups is 1. The maximum Gasteiger partial charge on any atom is 0.243 e. The van der Waals surface area contributed by atoms with Crippen molar-refractivity contribution >= 4 is 21.6 Å². The fourth-order valence-electron chi connectivity index (χ4n) is 3.33. The number of benzene rings is 3. The topological polar surface area (TPSA) is 81.5 Å². The zero-order valence-electron chi connectivity index (χ0n) is 17.9. The normalized spacial score (nSPS) is 10.9. The molecule has 6 nitrogen and oxygen atoms in total. The third kappa shape index (κ3) is 6.43. The SMILES string of the molecule is CS(=O)(=O)N(CC(=O)N(CCc1ccccc1)Cc1ccccc1)c1ccc(C#N)cc1. The molecule has 0 heterocycles. The van der Waals surface area contributed by atoms with Crippen LogP contribution in [0.2, 0.25) is 0 Å². The highest BCUT2D eigenvalue weighted by atomic mass is 32.2. The van der Waals surface area contributed by atoms with Gasteiger partial charge in [0.25, 0.3) is 0 Å². The second-order valence-electron chi connectivity index (χ2n) is 7.46. The summed E-state index contributed by atoms with van der Waals surface area (Å²) in [5.41, 5.74) is 2.84. The van der Waals surface area contributed by atoms with Gasteiger partial charge >= 0.3 is 0 Å². The van der Waals surface area contributed by atoms with E-state index >= 15 is 0 Å². The lowest BCUT2D eigenvalue weighted by Crippen LogP contribution is -2.43. The van der Waals surface area contributed by atoms with Gasteiger partial charge in [-0.25, -0.2) is 8.42 Å². The van der Waals surface area contributed by atoms with Crippen molar-refractivity contribution in [1.82, 2.24) is 4.90 Å². The maximum atomic E-state index is 13.3. The van der Waals surface area contributed by atoms with Gasteiger partial charge in [0.05, 0.1) is 23.6 Å². The van der Waals surface area contributed by atoms with Crippen LogP contribution in [0, 0.1) is 11.3 Å². The van der Waals surface area contributed by atoms with E-state index in [9.17, 15) is 13.2 Å².